The van der Waals surface area contributed by atoms with Gasteiger partial charge in [-0.3, -0.25) is 0 Å². The van der Waals surface area contributed by atoms with Crippen molar-refractivity contribution in [2.75, 3.05) is 5.73 Å². The molecule has 1 aromatic carbocycles. The van der Waals surface area contributed by atoms with Gasteiger partial charge in [-0.15, -0.1) is 6.42 Å². The minimum absolute atomic E-state index is 0.244. The molecule has 1 unspecified atom stereocenters. The van der Waals surface area contributed by atoms with Gasteiger partial charge in [0.25, 0.3) is 0 Å². The summed E-state index contributed by atoms with van der Waals surface area (Å²) in [6.07, 6.45) is 5.16. The third kappa shape index (κ3) is 2.99. The van der Waals surface area contributed by atoms with E-state index in [1.165, 1.54) is 0 Å². The summed E-state index contributed by atoms with van der Waals surface area (Å²) in [6.45, 7) is 5.02. The van der Waals surface area contributed by atoms with Crippen molar-refractivity contribution in [3.63, 3.8) is 0 Å². The highest BCUT2D eigenvalue weighted by atomic mass is 32.2. The lowest BCUT2D eigenvalue weighted by atomic mass is 10.1. The van der Waals surface area contributed by atoms with Gasteiger partial charge in [-0.25, -0.2) is 8.42 Å². The molecule has 3 N–H and O–H groups in total. The zero-order valence-electron chi connectivity index (χ0n) is 10.1. The molecular weight excluding hydrogens is 236 g/mol. The molecule has 0 radical (unpaired) electrons. The van der Waals surface area contributed by atoms with Crippen LogP contribution in [0.5, 0.6) is 0 Å². The molecule has 0 saturated carbocycles. The standard InChI is InChI=1S/C12H16N2O2S/c1-5-10(4)14-17(15,16)12-8(2)6-11(13)7-9(12)3/h1,6-7,10,14H,13H2,2-4H3. The summed E-state index contributed by atoms with van der Waals surface area (Å²) in [4.78, 5) is 0.244. The molecule has 0 aliphatic carbocycles. The highest BCUT2D eigenvalue weighted by molar-refractivity contribution is 7.89. The van der Waals surface area contributed by atoms with Gasteiger partial charge in [0.1, 0.15) is 0 Å². The maximum Gasteiger partial charge on any atom is 0.242 e. The Hall–Kier alpha value is -1.51. The van der Waals surface area contributed by atoms with Gasteiger partial charge in [0.15, 0.2) is 0 Å². The van der Waals surface area contributed by atoms with Crippen molar-refractivity contribution in [1.29, 1.82) is 0 Å². The van der Waals surface area contributed by atoms with Crippen molar-refractivity contribution in [3.05, 3.63) is 23.3 Å². The zero-order valence-corrected chi connectivity index (χ0v) is 10.9. The van der Waals surface area contributed by atoms with Gasteiger partial charge in [-0.05, 0) is 44.0 Å². The minimum atomic E-state index is -3.60. The summed E-state index contributed by atoms with van der Waals surface area (Å²) in [5.41, 5.74) is 7.42. The topological polar surface area (TPSA) is 72.2 Å². The first-order valence-electron chi connectivity index (χ1n) is 5.13. The number of anilines is 1. The molecule has 0 fully saturated rings. The van der Waals surface area contributed by atoms with E-state index in [4.69, 9.17) is 12.2 Å². The number of nitrogens with one attached hydrogen (secondary N) is 1. The highest BCUT2D eigenvalue weighted by Crippen LogP contribution is 2.22. The second kappa shape index (κ2) is 4.78. The van der Waals surface area contributed by atoms with Crippen LogP contribution in [0.2, 0.25) is 0 Å². The maximum atomic E-state index is 12.1. The van der Waals surface area contributed by atoms with E-state index in [1.807, 2.05) is 0 Å². The fourth-order valence-electron chi connectivity index (χ4n) is 1.73. The first-order valence-corrected chi connectivity index (χ1v) is 6.61. The van der Waals surface area contributed by atoms with Crippen molar-refractivity contribution in [2.45, 2.75) is 31.7 Å². The Morgan fingerprint density at radius 1 is 1.35 bits per heavy atom. The van der Waals surface area contributed by atoms with Crippen LogP contribution < -0.4 is 10.5 Å². The molecule has 4 nitrogen and oxygen atoms in total. The summed E-state index contributed by atoms with van der Waals surface area (Å²) in [6, 6.07) is 2.71. The van der Waals surface area contributed by atoms with Crippen LogP contribution in [-0.2, 0) is 10.0 Å². The first kappa shape index (κ1) is 13.6. The van der Waals surface area contributed by atoms with E-state index >= 15 is 0 Å². The Balaban J connectivity index is 3.31. The lowest BCUT2D eigenvalue weighted by Crippen LogP contribution is -2.32. The molecule has 0 aromatic heterocycles. The van der Waals surface area contributed by atoms with Crippen LogP contribution in [-0.4, -0.2) is 14.5 Å². The Labute approximate surface area is 102 Å². The Kier molecular flexibility index (Phi) is 3.81. The minimum Gasteiger partial charge on any atom is -0.399 e. The fourth-order valence-corrected chi connectivity index (χ4v) is 3.35. The molecule has 0 aliphatic heterocycles. The van der Waals surface area contributed by atoms with Crippen LogP contribution in [0.1, 0.15) is 18.1 Å². The van der Waals surface area contributed by atoms with Gasteiger partial charge in [-0.1, -0.05) is 5.92 Å². The van der Waals surface area contributed by atoms with E-state index < -0.39 is 16.1 Å². The summed E-state index contributed by atoms with van der Waals surface area (Å²) >= 11 is 0. The van der Waals surface area contributed by atoms with Crippen LogP contribution in [0.15, 0.2) is 17.0 Å². The number of nitrogens with two attached hydrogens (primary N) is 1. The van der Waals surface area contributed by atoms with Gasteiger partial charge in [0.05, 0.1) is 10.9 Å². The lowest BCUT2D eigenvalue weighted by molar-refractivity contribution is 0.576. The summed E-state index contributed by atoms with van der Waals surface area (Å²) in [5, 5.41) is 0. The average Bonchev–Trinajstić information content (AvgIpc) is 2.14. The van der Waals surface area contributed by atoms with E-state index in [0.29, 0.717) is 16.8 Å². The number of terminal acetylenes is 1. The highest BCUT2D eigenvalue weighted by Gasteiger charge is 2.21. The van der Waals surface area contributed by atoms with E-state index in [9.17, 15) is 8.42 Å². The zero-order chi connectivity index (χ0) is 13.2. The van der Waals surface area contributed by atoms with Crippen LogP contribution in [0.25, 0.3) is 0 Å². The molecule has 1 atom stereocenters. The van der Waals surface area contributed by atoms with Crippen LogP contribution in [0.3, 0.4) is 0 Å². The SMILES string of the molecule is C#CC(C)NS(=O)(=O)c1c(C)cc(N)cc1C. The van der Waals surface area contributed by atoms with Crippen molar-refractivity contribution in [3.8, 4) is 12.3 Å². The molecule has 1 aromatic rings. The second-order valence-corrected chi connectivity index (χ2v) is 5.64. The molecule has 5 heteroatoms. The average molecular weight is 252 g/mol. The number of hydrogen-bond acceptors (Lipinski definition) is 3. The third-order valence-corrected chi connectivity index (χ3v) is 4.18. The van der Waals surface area contributed by atoms with Crippen LogP contribution >= 0.6 is 0 Å². The van der Waals surface area contributed by atoms with E-state index in [1.54, 1.807) is 32.9 Å². The quantitative estimate of drug-likeness (QED) is 0.627. The van der Waals surface area contributed by atoms with Gasteiger partial charge in [-0.2, -0.15) is 4.72 Å². The van der Waals surface area contributed by atoms with Crippen LogP contribution in [0, 0.1) is 26.2 Å². The molecule has 0 aliphatic rings. The maximum absolute atomic E-state index is 12.1. The van der Waals surface area contributed by atoms with Crippen molar-refractivity contribution < 1.29 is 8.42 Å². The third-order valence-electron chi connectivity index (χ3n) is 2.33. The van der Waals surface area contributed by atoms with Gasteiger partial charge < -0.3 is 5.73 Å². The first-order chi connectivity index (χ1) is 7.77. The molecular formula is C12H16N2O2S. The predicted octanol–water partition coefficient (Wildman–Crippen LogP) is 1.19. The van der Waals surface area contributed by atoms with E-state index in [-0.39, 0.29) is 4.90 Å². The van der Waals surface area contributed by atoms with Crippen molar-refractivity contribution in [2.24, 2.45) is 0 Å². The summed E-state index contributed by atoms with van der Waals surface area (Å²) < 4.78 is 26.6. The second-order valence-electron chi connectivity index (χ2n) is 3.99. The number of rotatable bonds is 3. The molecule has 0 heterocycles. The predicted molar refractivity (Wildman–Crippen MR) is 68.9 cm³/mol. The number of aryl methyl sites for hydroxylation is 2. The number of benzene rings is 1. The number of sulfonamides is 1. The van der Waals surface area contributed by atoms with E-state index in [2.05, 4.69) is 10.6 Å². The molecule has 0 spiro atoms. The summed E-state index contributed by atoms with van der Waals surface area (Å²) in [7, 11) is -3.60. The molecule has 1 rings (SSSR count). The molecule has 0 bridgehead atoms. The van der Waals surface area contributed by atoms with Gasteiger partial charge in [0.2, 0.25) is 10.0 Å². The number of nitrogen functional groups attached to an aromatic ring is 1. The normalized spacial score (nSPS) is 13.1. The van der Waals surface area contributed by atoms with E-state index in [0.717, 1.165) is 0 Å². The molecule has 17 heavy (non-hydrogen) atoms. The van der Waals surface area contributed by atoms with Gasteiger partial charge >= 0.3 is 0 Å². The monoisotopic (exact) mass is 252 g/mol. The van der Waals surface area contributed by atoms with Crippen molar-refractivity contribution in [1.82, 2.24) is 4.72 Å². The largest absolute Gasteiger partial charge is 0.399 e. The summed E-state index contributed by atoms with van der Waals surface area (Å²) in [5.74, 6) is 2.33. The van der Waals surface area contributed by atoms with Gasteiger partial charge in [0, 0.05) is 5.69 Å². The smallest absolute Gasteiger partial charge is 0.242 e. The Morgan fingerprint density at radius 3 is 2.24 bits per heavy atom. The van der Waals surface area contributed by atoms with Crippen LogP contribution in [0.4, 0.5) is 5.69 Å². The molecule has 92 valence electrons. The van der Waals surface area contributed by atoms with Crippen molar-refractivity contribution >= 4 is 15.7 Å². The lowest BCUT2D eigenvalue weighted by Gasteiger charge is -2.14. The fraction of sp³-hybridized carbons (Fsp3) is 0.333. The Bertz CT molecular complexity index is 548. The molecule has 0 amide bonds. The Morgan fingerprint density at radius 2 is 1.82 bits per heavy atom. The number of hydrogen-bond donors (Lipinski definition) is 2. The molecule has 0 saturated heterocycles.